The second-order valence-electron chi connectivity index (χ2n) is 9.25. The number of quaternary nitrogens is 1. The van der Waals surface area contributed by atoms with Crippen LogP contribution in [0.4, 0.5) is 0 Å². The molecule has 0 aliphatic carbocycles. The summed E-state index contributed by atoms with van der Waals surface area (Å²) in [5, 5.41) is 54.8. The first kappa shape index (κ1) is 27.9. The third-order valence-electron chi connectivity index (χ3n) is 6.53. The van der Waals surface area contributed by atoms with E-state index in [1.54, 1.807) is 0 Å². The number of phenolic OH excluding ortho intramolecular Hbond substituents is 4. The number of benzene rings is 3. The van der Waals surface area contributed by atoms with Gasteiger partial charge < -0.3 is 40.9 Å². The number of esters is 1. The number of nitrogens with two attached hydrogens (primary N) is 1. The van der Waals surface area contributed by atoms with E-state index in [9.17, 15) is 44.7 Å². The maximum absolute atomic E-state index is 13.0. The van der Waals surface area contributed by atoms with Crippen molar-refractivity contribution in [3.63, 3.8) is 0 Å². The van der Waals surface area contributed by atoms with Gasteiger partial charge >= 0.3 is 11.9 Å². The van der Waals surface area contributed by atoms with Crippen molar-refractivity contribution in [1.29, 1.82) is 0 Å². The van der Waals surface area contributed by atoms with Gasteiger partial charge in [0.2, 0.25) is 5.78 Å². The van der Waals surface area contributed by atoms with Crippen molar-refractivity contribution in [3.05, 3.63) is 82.4 Å². The predicted octanol–water partition coefficient (Wildman–Crippen LogP) is 1.12. The molecule has 40 heavy (non-hydrogen) atoms. The molecule has 208 valence electrons. The Labute approximate surface area is 227 Å². The Morgan fingerprint density at radius 1 is 0.850 bits per heavy atom. The number of nitrogens with one attached hydrogen (secondary N) is 1. The van der Waals surface area contributed by atoms with Crippen LogP contribution in [-0.2, 0) is 4.74 Å². The van der Waals surface area contributed by atoms with Crippen molar-refractivity contribution >= 4 is 23.6 Å². The molecule has 1 aliphatic heterocycles. The van der Waals surface area contributed by atoms with Crippen molar-refractivity contribution in [2.45, 2.75) is 25.0 Å². The van der Waals surface area contributed by atoms with E-state index >= 15 is 0 Å². The third kappa shape index (κ3) is 5.97. The van der Waals surface area contributed by atoms with Crippen LogP contribution < -0.4 is 10.6 Å². The number of hydrogen-bond donors (Lipinski definition) is 7. The van der Waals surface area contributed by atoms with Gasteiger partial charge in [-0.3, -0.25) is 9.59 Å². The van der Waals surface area contributed by atoms with E-state index in [-0.39, 0.29) is 11.3 Å². The molecule has 0 bridgehead atoms. The number of carbonyl (C=O) groups is 4. The van der Waals surface area contributed by atoms with E-state index in [4.69, 9.17) is 4.74 Å². The van der Waals surface area contributed by atoms with Crippen LogP contribution in [0, 0.1) is 0 Å². The third-order valence-corrected chi connectivity index (χ3v) is 6.53. The number of carboxylic acid groups (broad SMARTS) is 1. The van der Waals surface area contributed by atoms with E-state index in [0.717, 1.165) is 30.8 Å². The van der Waals surface area contributed by atoms with Crippen LogP contribution in [0.2, 0.25) is 0 Å². The van der Waals surface area contributed by atoms with Crippen LogP contribution in [0.3, 0.4) is 0 Å². The Morgan fingerprint density at radius 2 is 1.52 bits per heavy atom. The van der Waals surface area contributed by atoms with Crippen molar-refractivity contribution in [2.75, 3.05) is 13.1 Å². The summed E-state index contributed by atoms with van der Waals surface area (Å²) in [5.74, 6) is -6.36. The number of aromatic carboxylic acids is 1. The van der Waals surface area contributed by atoms with E-state index in [0.29, 0.717) is 24.9 Å². The van der Waals surface area contributed by atoms with Crippen LogP contribution >= 0.6 is 0 Å². The van der Waals surface area contributed by atoms with Crippen molar-refractivity contribution in [1.82, 2.24) is 5.32 Å². The Morgan fingerprint density at radius 3 is 2.17 bits per heavy atom. The summed E-state index contributed by atoms with van der Waals surface area (Å²) in [4.78, 5) is 50.3. The number of phenols is 4. The van der Waals surface area contributed by atoms with Gasteiger partial charge in [0.05, 0.1) is 29.8 Å². The lowest BCUT2D eigenvalue weighted by Crippen LogP contribution is -2.87. The predicted molar refractivity (Wildman–Crippen MR) is 138 cm³/mol. The molecule has 2 atom stereocenters. The maximum Gasteiger partial charge on any atom is 0.338 e. The minimum absolute atomic E-state index is 0.00766. The Kier molecular flexibility index (Phi) is 8.20. The van der Waals surface area contributed by atoms with Crippen LogP contribution in [-0.4, -0.2) is 74.4 Å². The largest absolute Gasteiger partial charge is 0.508 e. The molecule has 1 fully saturated rings. The highest BCUT2D eigenvalue weighted by atomic mass is 16.5. The van der Waals surface area contributed by atoms with E-state index in [2.05, 4.69) is 5.32 Å². The fourth-order valence-corrected chi connectivity index (χ4v) is 4.52. The van der Waals surface area contributed by atoms with Gasteiger partial charge in [0.15, 0.2) is 0 Å². The number of carboxylic acids is 1. The van der Waals surface area contributed by atoms with Crippen molar-refractivity contribution in [2.24, 2.45) is 0 Å². The normalized spacial score (nSPS) is 16.9. The van der Waals surface area contributed by atoms with Gasteiger partial charge in [0.1, 0.15) is 40.7 Å². The number of hydrogen-bond acceptors (Lipinski definition) is 9. The van der Waals surface area contributed by atoms with Gasteiger partial charge in [-0.15, -0.1) is 0 Å². The van der Waals surface area contributed by atoms with Gasteiger partial charge in [0.25, 0.3) is 5.91 Å². The first-order valence-electron chi connectivity index (χ1n) is 12.3. The van der Waals surface area contributed by atoms with Gasteiger partial charge in [-0.25, -0.2) is 9.59 Å². The Bertz CT molecular complexity index is 1450. The molecule has 0 aromatic heterocycles. The summed E-state index contributed by atoms with van der Waals surface area (Å²) >= 11 is 0. The molecule has 12 heteroatoms. The highest BCUT2D eigenvalue weighted by Crippen LogP contribution is 2.35. The summed E-state index contributed by atoms with van der Waals surface area (Å²) in [7, 11) is 0. The number of ether oxygens (including phenoxy) is 1. The van der Waals surface area contributed by atoms with Crippen molar-refractivity contribution < 1.29 is 54.8 Å². The fourth-order valence-electron chi connectivity index (χ4n) is 4.52. The van der Waals surface area contributed by atoms with Gasteiger partial charge in [-0.1, -0.05) is 6.07 Å². The van der Waals surface area contributed by atoms with Crippen LogP contribution in [0.1, 0.15) is 59.8 Å². The van der Waals surface area contributed by atoms with E-state index in [1.165, 1.54) is 30.3 Å². The molecule has 8 N–H and O–H groups in total. The summed E-state index contributed by atoms with van der Waals surface area (Å²) in [6.07, 6.45) is 0.347. The molecule has 0 radical (unpaired) electrons. The van der Waals surface area contributed by atoms with Crippen LogP contribution in [0.5, 0.6) is 23.0 Å². The molecule has 1 amide bonds. The standard InChI is InChI=1S/C28H26N2O10/c31-16-8-6-14(7-9-16)26(36)30-18-13-29-10-2-5-22(18)40-28(39)15-11-20(33)24(21(34)12-15)25(35)23-17(27(37)38)3-1-4-19(23)32/h1,3-4,6-9,11-12,18,22,29,31-34H,2,5,10,13H2,(H,30,36)(H,37,38)/p+1/t18-,22-/m1/s1. The number of aromatic hydroxyl groups is 4. The van der Waals surface area contributed by atoms with Crippen LogP contribution in [0.15, 0.2) is 54.6 Å². The average molecular weight is 552 g/mol. The lowest BCUT2D eigenvalue weighted by molar-refractivity contribution is -0.655. The molecule has 3 aromatic carbocycles. The average Bonchev–Trinajstić information content (AvgIpc) is 3.12. The molecule has 4 rings (SSSR count). The zero-order valence-corrected chi connectivity index (χ0v) is 21.0. The first-order valence-corrected chi connectivity index (χ1v) is 12.3. The second-order valence-corrected chi connectivity index (χ2v) is 9.25. The summed E-state index contributed by atoms with van der Waals surface area (Å²) in [6, 6.07) is 10.2. The fraction of sp³-hybridized carbons (Fsp3) is 0.214. The summed E-state index contributed by atoms with van der Waals surface area (Å²) in [5.41, 5.74) is -1.88. The lowest BCUT2D eigenvalue weighted by atomic mass is 9.95. The minimum atomic E-state index is -1.51. The molecule has 12 nitrogen and oxygen atoms in total. The molecular formula is C28H27N2O10+. The second kappa shape index (κ2) is 11.7. The van der Waals surface area contributed by atoms with Gasteiger partial charge in [-0.05, 0) is 55.0 Å². The molecule has 1 aliphatic rings. The van der Waals surface area contributed by atoms with E-state index in [1.807, 2.05) is 5.32 Å². The number of amides is 1. The molecule has 3 aromatic rings. The zero-order chi connectivity index (χ0) is 29.0. The molecule has 0 saturated carbocycles. The first-order chi connectivity index (χ1) is 19.1. The number of ketones is 1. The van der Waals surface area contributed by atoms with E-state index < -0.39 is 69.7 Å². The zero-order valence-electron chi connectivity index (χ0n) is 21.0. The molecule has 0 unspecified atom stereocenters. The number of carbonyl (C=O) groups excluding carboxylic acids is 3. The quantitative estimate of drug-likeness (QED) is 0.164. The lowest BCUT2D eigenvalue weighted by Gasteiger charge is -2.25. The highest BCUT2D eigenvalue weighted by molar-refractivity contribution is 6.18. The molecule has 1 heterocycles. The van der Waals surface area contributed by atoms with Gasteiger partial charge in [0, 0.05) is 12.0 Å². The van der Waals surface area contributed by atoms with Crippen LogP contribution in [0.25, 0.3) is 0 Å². The smallest absolute Gasteiger partial charge is 0.338 e. The monoisotopic (exact) mass is 551 g/mol. The van der Waals surface area contributed by atoms with Gasteiger partial charge in [-0.2, -0.15) is 0 Å². The maximum atomic E-state index is 13.0. The number of rotatable bonds is 7. The topological polar surface area (TPSA) is 207 Å². The molecular weight excluding hydrogens is 524 g/mol. The Hall–Kier alpha value is -5.10. The highest BCUT2D eigenvalue weighted by Gasteiger charge is 2.32. The molecule has 1 saturated heterocycles. The van der Waals surface area contributed by atoms with Crippen molar-refractivity contribution in [3.8, 4) is 23.0 Å². The summed E-state index contributed by atoms with van der Waals surface area (Å²) in [6.45, 7) is 1.15. The molecule has 0 spiro atoms. The summed E-state index contributed by atoms with van der Waals surface area (Å²) < 4.78 is 5.65. The SMILES string of the molecule is O=C(N[C@@H]1C[NH2+]CCC[C@H]1OC(=O)c1cc(O)c(C(=O)c2c(O)cccc2C(=O)O)c(O)c1)c1ccc(O)cc1. The Balaban J connectivity index is 1.55. The minimum Gasteiger partial charge on any atom is -0.508 e.